The van der Waals surface area contributed by atoms with Crippen LogP contribution in [0.25, 0.3) is 0 Å². The van der Waals surface area contributed by atoms with Crippen molar-refractivity contribution in [2.24, 2.45) is 0 Å². The number of nitrogens with one attached hydrogen (secondary N) is 1. The average Bonchev–Trinajstić information content (AvgIpc) is 3.02. The summed E-state index contributed by atoms with van der Waals surface area (Å²) in [6.07, 6.45) is 6.78. The zero-order valence-electron chi connectivity index (χ0n) is 17.5. The van der Waals surface area contributed by atoms with Crippen LogP contribution in [0.5, 0.6) is 0 Å². The third-order valence-electron chi connectivity index (χ3n) is 4.95. The number of hydrogen-bond acceptors (Lipinski definition) is 6. The van der Waals surface area contributed by atoms with Crippen LogP contribution in [0.2, 0.25) is 0 Å². The normalized spacial score (nSPS) is 30.2. The second-order valence-corrected chi connectivity index (χ2v) is 8.25. The van der Waals surface area contributed by atoms with Gasteiger partial charge in [0.15, 0.2) is 12.1 Å². The van der Waals surface area contributed by atoms with Crippen LogP contribution in [0.1, 0.15) is 59.3 Å². The molecule has 6 nitrogen and oxygen atoms in total. The SMILES string of the molecule is CCCCCCCO[C@@H]1[C@H]2OC(C)(C)O[C@H]2O[C@@H]1CNCCCN(C)C. The Bertz CT molecular complexity index is 392. The van der Waals surface area contributed by atoms with Gasteiger partial charge in [0, 0.05) is 13.2 Å². The highest BCUT2D eigenvalue weighted by Gasteiger charge is 2.55. The number of rotatable bonds is 13. The van der Waals surface area contributed by atoms with Gasteiger partial charge in [-0.05, 0) is 53.9 Å². The maximum Gasteiger partial charge on any atom is 0.190 e. The third kappa shape index (κ3) is 7.06. The summed E-state index contributed by atoms with van der Waals surface area (Å²) in [6, 6.07) is 0. The minimum absolute atomic E-state index is 0.0175. The first-order valence-corrected chi connectivity index (χ1v) is 10.4. The van der Waals surface area contributed by atoms with Crippen molar-refractivity contribution >= 4 is 0 Å². The Hall–Kier alpha value is -0.240. The molecule has 0 aliphatic carbocycles. The lowest BCUT2D eigenvalue weighted by Gasteiger charge is -2.26. The number of nitrogens with zero attached hydrogens (tertiary/aromatic N) is 1. The summed E-state index contributed by atoms with van der Waals surface area (Å²) in [6.45, 7) is 9.71. The smallest absolute Gasteiger partial charge is 0.190 e. The van der Waals surface area contributed by atoms with E-state index in [1.165, 1.54) is 25.7 Å². The van der Waals surface area contributed by atoms with Gasteiger partial charge in [0.2, 0.25) is 0 Å². The molecule has 2 fully saturated rings. The molecular formula is C20H40N2O4. The summed E-state index contributed by atoms with van der Waals surface area (Å²) in [5.41, 5.74) is 0. The number of ether oxygens (including phenoxy) is 4. The summed E-state index contributed by atoms with van der Waals surface area (Å²) in [5, 5.41) is 3.50. The predicted octanol–water partition coefficient (Wildman–Crippen LogP) is 2.76. The fraction of sp³-hybridized carbons (Fsp3) is 1.00. The van der Waals surface area contributed by atoms with E-state index in [4.69, 9.17) is 18.9 Å². The van der Waals surface area contributed by atoms with Gasteiger partial charge in [-0.1, -0.05) is 32.6 Å². The molecule has 2 aliphatic rings. The van der Waals surface area contributed by atoms with E-state index >= 15 is 0 Å². The molecule has 0 saturated carbocycles. The number of fused-ring (bicyclic) bond motifs is 1. The van der Waals surface area contributed by atoms with Gasteiger partial charge in [0.05, 0.1) is 0 Å². The maximum atomic E-state index is 6.22. The molecule has 2 aliphatic heterocycles. The Balaban J connectivity index is 1.75. The molecule has 154 valence electrons. The first-order valence-electron chi connectivity index (χ1n) is 10.4. The molecule has 0 aromatic carbocycles. The molecule has 26 heavy (non-hydrogen) atoms. The van der Waals surface area contributed by atoms with Crippen molar-refractivity contribution in [2.45, 2.75) is 89.7 Å². The van der Waals surface area contributed by atoms with Crippen molar-refractivity contribution in [1.29, 1.82) is 0 Å². The van der Waals surface area contributed by atoms with E-state index in [9.17, 15) is 0 Å². The van der Waals surface area contributed by atoms with Crippen molar-refractivity contribution in [2.75, 3.05) is 40.3 Å². The van der Waals surface area contributed by atoms with Crippen LogP contribution in [-0.2, 0) is 18.9 Å². The van der Waals surface area contributed by atoms with Crippen LogP contribution in [0.3, 0.4) is 0 Å². The largest absolute Gasteiger partial charge is 0.373 e. The summed E-state index contributed by atoms with van der Waals surface area (Å²) in [7, 11) is 4.20. The zero-order chi connectivity index (χ0) is 19.0. The Morgan fingerprint density at radius 1 is 1.04 bits per heavy atom. The van der Waals surface area contributed by atoms with Crippen molar-refractivity contribution in [3.63, 3.8) is 0 Å². The van der Waals surface area contributed by atoms with Crippen molar-refractivity contribution in [3.05, 3.63) is 0 Å². The van der Waals surface area contributed by atoms with Gasteiger partial charge in [-0.15, -0.1) is 0 Å². The molecule has 0 amide bonds. The number of hydrogen-bond donors (Lipinski definition) is 1. The van der Waals surface area contributed by atoms with Gasteiger partial charge >= 0.3 is 0 Å². The van der Waals surface area contributed by atoms with E-state index in [-0.39, 0.29) is 24.6 Å². The van der Waals surface area contributed by atoms with Gasteiger partial charge < -0.3 is 29.2 Å². The monoisotopic (exact) mass is 372 g/mol. The van der Waals surface area contributed by atoms with Gasteiger partial charge in [-0.2, -0.15) is 0 Å². The third-order valence-corrected chi connectivity index (χ3v) is 4.95. The standard InChI is InChI=1S/C20H40N2O4/c1-6-7-8-9-10-14-23-17-16(15-21-12-11-13-22(4)5)24-19-18(17)25-20(2,3)26-19/h16-19,21H,6-15H2,1-5H3/t16-,17+,18-,19-/m1/s1. The topological polar surface area (TPSA) is 52.2 Å². The summed E-state index contributed by atoms with van der Waals surface area (Å²) >= 11 is 0. The molecule has 0 radical (unpaired) electrons. The molecule has 2 saturated heterocycles. The van der Waals surface area contributed by atoms with Crippen LogP contribution in [0.4, 0.5) is 0 Å². The first-order chi connectivity index (χ1) is 12.4. The summed E-state index contributed by atoms with van der Waals surface area (Å²) in [4.78, 5) is 2.20. The maximum absolute atomic E-state index is 6.22. The lowest BCUT2D eigenvalue weighted by Crippen LogP contribution is -2.42. The Labute approximate surface area is 159 Å². The minimum atomic E-state index is -0.595. The minimum Gasteiger partial charge on any atom is -0.373 e. The van der Waals surface area contributed by atoms with E-state index in [0.29, 0.717) is 0 Å². The quantitative estimate of drug-likeness (QED) is 0.502. The lowest BCUT2D eigenvalue weighted by molar-refractivity contribution is -0.217. The summed E-state index contributed by atoms with van der Waals surface area (Å²) < 4.78 is 24.3. The van der Waals surface area contributed by atoms with Crippen LogP contribution in [0, 0.1) is 0 Å². The van der Waals surface area contributed by atoms with Crippen LogP contribution in [-0.4, -0.2) is 75.6 Å². The highest BCUT2D eigenvalue weighted by atomic mass is 16.8. The van der Waals surface area contributed by atoms with E-state index in [2.05, 4.69) is 31.2 Å². The molecule has 2 rings (SSSR count). The van der Waals surface area contributed by atoms with E-state index in [1.807, 2.05) is 13.8 Å². The van der Waals surface area contributed by atoms with Crippen LogP contribution in [0.15, 0.2) is 0 Å². The van der Waals surface area contributed by atoms with Crippen LogP contribution < -0.4 is 5.32 Å². The van der Waals surface area contributed by atoms with Gasteiger partial charge in [-0.25, -0.2) is 0 Å². The van der Waals surface area contributed by atoms with E-state index < -0.39 is 5.79 Å². The van der Waals surface area contributed by atoms with Crippen molar-refractivity contribution < 1.29 is 18.9 Å². The highest BCUT2D eigenvalue weighted by molar-refractivity contribution is 4.95. The van der Waals surface area contributed by atoms with Crippen molar-refractivity contribution in [1.82, 2.24) is 10.2 Å². The molecule has 0 unspecified atom stereocenters. The predicted molar refractivity (Wildman–Crippen MR) is 103 cm³/mol. The Kier molecular flexibility index (Phi) is 9.27. The fourth-order valence-electron chi connectivity index (χ4n) is 3.60. The average molecular weight is 373 g/mol. The Morgan fingerprint density at radius 3 is 2.54 bits per heavy atom. The number of unbranched alkanes of at least 4 members (excludes halogenated alkanes) is 4. The van der Waals surface area contributed by atoms with E-state index in [1.54, 1.807) is 0 Å². The van der Waals surface area contributed by atoms with Gasteiger partial charge in [-0.3, -0.25) is 0 Å². The summed E-state index contributed by atoms with van der Waals surface area (Å²) in [5.74, 6) is -0.595. The molecule has 2 heterocycles. The molecule has 0 spiro atoms. The second kappa shape index (κ2) is 10.9. The molecule has 4 atom stereocenters. The first kappa shape index (κ1) is 22.1. The Morgan fingerprint density at radius 2 is 1.81 bits per heavy atom. The van der Waals surface area contributed by atoms with Gasteiger partial charge in [0.1, 0.15) is 18.3 Å². The van der Waals surface area contributed by atoms with E-state index in [0.717, 1.165) is 39.1 Å². The molecular weight excluding hydrogens is 332 g/mol. The molecule has 0 bridgehead atoms. The molecule has 6 heteroatoms. The van der Waals surface area contributed by atoms with Gasteiger partial charge in [0.25, 0.3) is 0 Å². The van der Waals surface area contributed by atoms with Crippen molar-refractivity contribution in [3.8, 4) is 0 Å². The fourth-order valence-corrected chi connectivity index (χ4v) is 3.60. The lowest BCUT2D eigenvalue weighted by atomic mass is 10.1. The molecule has 0 aromatic rings. The highest BCUT2D eigenvalue weighted by Crippen LogP contribution is 2.38. The zero-order valence-corrected chi connectivity index (χ0v) is 17.5. The second-order valence-electron chi connectivity index (χ2n) is 8.25. The molecule has 1 N–H and O–H groups in total. The van der Waals surface area contributed by atoms with Crippen LogP contribution >= 0.6 is 0 Å². The molecule has 0 aromatic heterocycles.